The fourth-order valence-electron chi connectivity index (χ4n) is 1.81. The number of hydrogen-bond donors (Lipinski definition) is 1. The van der Waals surface area contributed by atoms with E-state index in [1.165, 1.54) is 7.11 Å². The standard InChI is InChI=1S/C14H20N2O3/c1-16(8-4-7-13(17)19-2)10-11-5-3-6-12(9-11)14(15)18/h3,5-6,9H,4,7-8,10H2,1-2H3,(H2,15,18). The van der Waals surface area contributed by atoms with Crippen LogP contribution in [0.5, 0.6) is 0 Å². The van der Waals surface area contributed by atoms with E-state index in [-0.39, 0.29) is 5.97 Å². The molecule has 0 aliphatic heterocycles. The number of esters is 1. The first-order valence-corrected chi connectivity index (χ1v) is 6.17. The van der Waals surface area contributed by atoms with E-state index in [0.717, 1.165) is 18.5 Å². The first-order valence-electron chi connectivity index (χ1n) is 6.17. The molecular weight excluding hydrogens is 244 g/mol. The number of hydrogen-bond acceptors (Lipinski definition) is 4. The molecule has 1 aromatic carbocycles. The van der Waals surface area contributed by atoms with Crippen molar-refractivity contribution < 1.29 is 14.3 Å². The van der Waals surface area contributed by atoms with Crippen LogP contribution in [0.3, 0.4) is 0 Å². The minimum Gasteiger partial charge on any atom is -0.469 e. The van der Waals surface area contributed by atoms with Crippen LogP contribution in [0.15, 0.2) is 24.3 Å². The highest BCUT2D eigenvalue weighted by atomic mass is 16.5. The number of nitrogens with two attached hydrogens (primary N) is 1. The molecule has 2 N–H and O–H groups in total. The minimum atomic E-state index is -0.421. The quantitative estimate of drug-likeness (QED) is 0.750. The SMILES string of the molecule is COC(=O)CCCN(C)Cc1cccc(C(N)=O)c1. The molecule has 0 spiro atoms. The van der Waals surface area contributed by atoms with E-state index in [2.05, 4.69) is 9.64 Å². The van der Waals surface area contributed by atoms with Crippen molar-refractivity contribution in [3.05, 3.63) is 35.4 Å². The molecule has 0 atom stereocenters. The molecule has 1 amide bonds. The second-order valence-corrected chi connectivity index (χ2v) is 4.48. The van der Waals surface area contributed by atoms with E-state index in [1.807, 2.05) is 19.2 Å². The Bertz CT molecular complexity index is 446. The monoisotopic (exact) mass is 264 g/mol. The van der Waals surface area contributed by atoms with Gasteiger partial charge in [0.2, 0.25) is 5.91 Å². The molecule has 0 bridgehead atoms. The first kappa shape index (κ1) is 15.2. The largest absolute Gasteiger partial charge is 0.469 e. The summed E-state index contributed by atoms with van der Waals surface area (Å²) in [6.45, 7) is 1.50. The number of benzene rings is 1. The van der Waals surface area contributed by atoms with Crippen LogP contribution < -0.4 is 5.73 Å². The Labute approximate surface area is 113 Å². The number of nitrogens with zero attached hydrogens (tertiary/aromatic N) is 1. The lowest BCUT2D eigenvalue weighted by Gasteiger charge is -2.16. The highest BCUT2D eigenvalue weighted by Crippen LogP contribution is 2.08. The van der Waals surface area contributed by atoms with Crippen LogP contribution in [-0.2, 0) is 16.1 Å². The van der Waals surface area contributed by atoms with Crippen LogP contribution in [0.4, 0.5) is 0 Å². The van der Waals surface area contributed by atoms with Crippen LogP contribution in [0, 0.1) is 0 Å². The van der Waals surface area contributed by atoms with Crippen molar-refractivity contribution in [2.24, 2.45) is 5.73 Å². The molecule has 104 valence electrons. The number of primary amides is 1. The zero-order chi connectivity index (χ0) is 14.3. The molecule has 0 aromatic heterocycles. The van der Waals surface area contributed by atoms with Crippen molar-refractivity contribution in [2.45, 2.75) is 19.4 Å². The van der Waals surface area contributed by atoms with Gasteiger partial charge in [0, 0.05) is 18.5 Å². The van der Waals surface area contributed by atoms with Gasteiger partial charge in [0.15, 0.2) is 0 Å². The van der Waals surface area contributed by atoms with Gasteiger partial charge in [-0.2, -0.15) is 0 Å². The maximum Gasteiger partial charge on any atom is 0.305 e. The third-order valence-electron chi connectivity index (χ3n) is 2.81. The van der Waals surface area contributed by atoms with Gasteiger partial charge in [0.1, 0.15) is 0 Å². The Morgan fingerprint density at radius 3 is 2.74 bits per heavy atom. The van der Waals surface area contributed by atoms with Gasteiger partial charge < -0.3 is 15.4 Å². The molecule has 0 aliphatic carbocycles. The fraction of sp³-hybridized carbons (Fsp3) is 0.429. The normalized spacial score (nSPS) is 10.5. The van der Waals surface area contributed by atoms with E-state index in [4.69, 9.17) is 5.73 Å². The van der Waals surface area contributed by atoms with E-state index in [0.29, 0.717) is 18.5 Å². The molecule has 0 saturated carbocycles. The number of rotatable bonds is 7. The fourth-order valence-corrected chi connectivity index (χ4v) is 1.81. The van der Waals surface area contributed by atoms with E-state index < -0.39 is 5.91 Å². The number of carbonyl (C=O) groups excluding carboxylic acids is 2. The summed E-state index contributed by atoms with van der Waals surface area (Å²) in [5.74, 6) is -0.612. The van der Waals surface area contributed by atoms with Crippen LogP contribution in [-0.4, -0.2) is 37.5 Å². The van der Waals surface area contributed by atoms with Crippen molar-refractivity contribution >= 4 is 11.9 Å². The molecular formula is C14H20N2O3. The molecule has 0 heterocycles. The highest BCUT2D eigenvalue weighted by molar-refractivity contribution is 5.92. The molecule has 0 fully saturated rings. The summed E-state index contributed by atoms with van der Waals surface area (Å²) < 4.78 is 4.58. The topological polar surface area (TPSA) is 72.6 Å². The number of carbonyl (C=O) groups is 2. The lowest BCUT2D eigenvalue weighted by molar-refractivity contribution is -0.140. The van der Waals surface area contributed by atoms with Gasteiger partial charge in [0.05, 0.1) is 7.11 Å². The first-order chi connectivity index (χ1) is 9.02. The molecule has 0 unspecified atom stereocenters. The van der Waals surface area contributed by atoms with Gasteiger partial charge in [-0.05, 0) is 37.7 Å². The van der Waals surface area contributed by atoms with Gasteiger partial charge in [-0.3, -0.25) is 9.59 Å². The molecule has 0 aliphatic rings. The van der Waals surface area contributed by atoms with Crippen molar-refractivity contribution in [2.75, 3.05) is 20.7 Å². The van der Waals surface area contributed by atoms with E-state index >= 15 is 0 Å². The highest BCUT2D eigenvalue weighted by Gasteiger charge is 2.05. The second kappa shape index (κ2) is 7.53. The molecule has 1 rings (SSSR count). The van der Waals surface area contributed by atoms with Gasteiger partial charge in [-0.25, -0.2) is 0 Å². The lowest BCUT2D eigenvalue weighted by Crippen LogP contribution is -2.20. The zero-order valence-corrected chi connectivity index (χ0v) is 11.4. The summed E-state index contributed by atoms with van der Waals surface area (Å²) in [6.07, 6.45) is 1.17. The van der Waals surface area contributed by atoms with Crippen molar-refractivity contribution in [3.8, 4) is 0 Å². The molecule has 0 radical (unpaired) electrons. The molecule has 5 heteroatoms. The Balaban J connectivity index is 2.43. The van der Waals surface area contributed by atoms with Crippen molar-refractivity contribution in [1.82, 2.24) is 4.90 Å². The van der Waals surface area contributed by atoms with E-state index in [1.54, 1.807) is 12.1 Å². The maximum atomic E-state index is 11.1. The Kier molecular flexibility index (Phi) is 6.02. The number of ether oxygens (including phenoxy) is 1. The Morgan fingerprint density at radius 2 is 2.11 bits per heavy atom. The summed E-state index contributed by atoms with van der Waals surface area (Å²) >= 11 is 0. The van der Waals surface area contributed by atoms with Crippen LogP contribution >= 0.6 is 0 Å². The number of amides is 1. The average molecular weight is 264 g/mol. The third-order valence-corrected chi connectivity index (χ3v) is 2.81. The predicted octanol–water partition coefficient (Wildman–Crippen LogP) is 1.17. The lowest BCUT2D eigenvalue weighted by atomic mass is 10.1. The average Bonchev–Trinajstić information content (AvgIpc) is 2.38. The summed E-state index contributed by atoms with van der Waals surface area (Å²) in [7, 11) is 3.36. The summed E-state index contributed by atoms with van der Waals surface area (Å²) in [6, 6.07) is 7.25. The van der Waals surface area contributed by atoms with Gasteiger partial charge in [-0.1, -0.05) is 12.1 Å². The van der Waals surface area contributed by atoms with E-state index in [9.17, 15) is 9.59 Å². The Hall–Kier alpha value is -1.88. The summed E-state index contributed by atoms with van der Waals surface area (Å²) in [5, 5.41) is 0. The van der Waals surface area contributed by atoms with Crippen LogP contribution in [0.2, 0.25) is 0 Å². The zero-order valence-electron chi connectivity index (χ0n) is 11.4. The molecule has 5 nitrogen and oxygen atoms in total. The third kappa shape index (κ3) is 5.52. The Morgan fingerprint density at radius 1 is 1.37 bits per heavy atom. The van der Waals surface area contributed by atoms with Gasteiger partial charge in [0.25, 0.3) is 0 Å². The minimum absolute atomic E-state index is 0.191. The maximum absolute atomic E-state index is 11.1. The van der Waals surface area contributed by atoms with Crippen molar-refractivity contribution in [1.29, 1.82) is 0 Å². The predicted molar refractivity (Wildman–Crippen MR) is 72.5 cm³/mol. The van der Waals surface area contributed by atoms with Crippen LogP contribution in [0.25, 0.3) is 0 Å². The number of methoxy groups -OCH3 is 1. The molecule has 19 heavy (non-hydrogen) atoms. The van der Waals surface area contributed by atoms with Gasteiger partial charge in [-0.15, -0.1) is 0 Å². The molecule has 0 saturated heterocycles. The van der Waals surface area contributed by atoms with Gasteiger partial charge >= 0.3 is 5.97 Å². The van der Waals surface area contributed by atoms with Crippen molar-refractivity contribution in [3.63, 3.8) is 0 Å². The van der Waals surface area contributed by atoms with Crippen LogP contribution in [0.1, 0.15) is 28.8 Å². The summed E-state index contributed by atoms with van der Waals surface area (Å²) in [4.78, 5) is 24.1. The molecule has 1 aromatic rings. The second-order valence-electron chi connectivity index (χ2n) is 4.48. The summed E-state index contributed by atoms with van der Waals surface area (Å²) in [5.41, 5.74) is 6.78. The smallest absolute Gasteiger partial charge is 0.305 e.